The SMILES string of the molecule is Cc1cc(NC(=O)c2ccco2)ccc1NC(=O)CN1CCCC(C)C1. The van der Waals surface area contributed by atoms with E-state index in [9.17, 15) is 9.59 Å². The molecule has 1 atom stereocenters. The lowest BCUT2D eigenvalue weighted by molar-refractivity contribution is -0.117. The summed E-state index contributed by atoms with van der Waals surface area (Å²) in [5.41, 5.74) is 2.31. The summed E-state index contributed by atoms with van der Waals surface area (Å²) in [4.78, 5) is 26.5. The number of benzene rings is 1. The van der Waals surface area contributed by atoms with Crippen LogP contribution in [0, 0.1) is 12.8 Å². The van der Waals surface area contributed by atoms with Crippen LogP contribution in [0.5, 0.6) is 0 Å². The van der Waals surface area contributed by atoms with Gasteiger partial charge >= 0.3 is 0 Å². The monoisotopic (exact) mass is 355 g/mol. The first-order valence-corrected chi connectivity index (χ1v) is 8.99. The molecule has 1 unspecified atom stereocenters. The van der Waals surface area contributed by atoms with Crippen molar-refractivity contribution in [1.82, 2.24) is 4.90 Å². The number of hydrogen-bond acceptors (Lipinski definition) is 4. The third-order valence-electron chi connectivity index (χ3n) is 4.61. The number of amides is 2. The molecule has 138 valence electrons. The standard InChI is InChI=1S/C20H25N3O3/c1-14-5-3-9-23(12-14)13-19(24)22-17-8-7-16(11-15(17)2)21-20(25)18-6-4-10-26-18/h4,6-8,10-11,14H,3,5,9,12-13H2,1-2H3,(H,21,25)(H,22,24). The van der Waals surface area contributed by atoms with Crippen molar-refractivity contribution in [3.63, 3.8) is 0 Å². The molecule has 1 saturated heterocycles. The van der Waals surface area contributed by atoms with Gasteiger partial charge in [0.2, 0.25) is 5.91 Å². The molecule has 0 saturated carbocycles. The molecule has 6 nitrogen and oxygen atoms in total. The molecular weight excluding hydrogens is 330 g/mol. The topological polar surface area (TPSA) is 74.6 Å². The molecule has 1 fully saturated rings. The first-order chi connectivity index (χ1) is 12.5. The number of aryl methyl sites for hydroxylation is 1. The van der Waals surface area contributed by atoms with Gasteiger partial charge in [0, 0.05) is 17.9 Å². The number of furan rings is 1. The van der Waals surface area contributed by atoms with Gasteiger partial charge < -0.3 is 15.1 Å². The van der Waals surface area contributed by atoms with Gasteiger partial charge in [0.1, 0.15) is 0 Å². The quantitative estimate of drug-likeness (QED) is 0.861. The van der Waals surface area contributed by atoms with E-state index in [1.807, 2.05) is 19.1 Å². The van der Waals surface area contributed by atoms with Crippen LogP contribution < -0.4 is 10.6 Å². The molecule has 0 spiro atoms. The Morgan fingerprint density at radius 2 is 2.12 bits per heavy atom. The zero-order chi connectivity index (χ0) is 18.5. The highest BCUT2D eigenvalue weighted by molar-refractivity contribution is 6.02. The van der Waals surface area contributed by atoms with Gasteiger partial charge in [0.05, 0.1) is 12.8 Å². The summed E-state index contributed by atoms with van der Waals surface area (Å²) in [6.45, 7) is 6.50. The second-order valence-electron chi connectivity index (χ2n) is 6.99. The molecule has 0 aliphatic carbocycles. The lowest BCUT2D eigenvalue weighted by atomic mass is 10.0. The first-order valence-electron chi connectivity index (χ1n) is 8.99. The van der Waals surface area contributed by atoms with Gasteiger partial charge in [-0.2, -0.15) is 0 Å². The van der Waals surface area contributed by atoms with Gasteiger partial charge in [0.15, 0.2) is 5.76 Å². The number of piperidine rings is 1. The predicted octanol–water partition coefficient (Wildman–Crippen LogP) is 3.51. The molecule has 1 aromatic carbocycles. The normalized spacial score (nSPS) is 17.7. The van der Waals surface area contributed by atoms with Crippen LogP contribution in [0.15, 0.2) is 41.0 Å². The lowest BCUT2D eigenvalue weighted by Crippen LogP contribution is -2.39. The zero-order valence-electron chi connectivity index (χ0n) is 15.2. The van der Waals surface area contributed by atoms with Crippen molar-refractivity contribution < 1.29 is 14.0 Å². The summed E-state index contributed by atoms with van der Waals surface area (Å²) in [6, 6.07) is 8.69. The Labute approximate surface area is 153 Å². The van der Waals surface area contributed by atoms with Crippen LogP contribution in [0.25, 0.3) is 0 Å². The van der Waals surface area contributed by atoms with Crippen molar-refractivity contribution in [2.45, 2.75) is 26.7 Å². The maximum absolute atomic E-state index is 12.3. The number of nitrogens with one attached hydrogen (secondary N) is 2. The Morgan fingerprint density at radius 1 is 1.27 bits per heavy atom. The number of nitrogens with zero attached hydrogens (tertiary/aromatic N) is 1. The minimum atomic E-state index is -0.301. The van der Waals surface area contributed by atoms with Crippen LogP contribution in [0.4, 0.5) is 11.4 Å². The van der Waals surface area contributed by atoms with Crippen LogP contribution in [-0.2, 0) is 4.79 Å². The fourth-order valence-electron chi connectivity index (χ4n) is 3.31. The van der Waals surface area contributed by atoms with E-state index in [0.29, 0.717) is 18.2 Å². The number of likely N-dealkylation sites (tertiary alicyclic amines) is 1. The third-order valence-corrected chi connectivity index (χ3v) is 4.61. The first kappa shape index (κ1) is 18.2. The molecule has 2 aromatic rings. The maximum atomic E-state index is 12.3. The number of rotatable bonds is 5. The van der Waals surface area contributed by atoms with Crippen molar-refractivity contribution in [2.24, 2.45) is 5.92 Å². The van der Waals surface area contributed by atoms with Gasteiger partial charge in [-0.3, -0.25) is 14.5 Å². The van der Waals surface area contributed by atoms with Crippen LogP contribution >= 0.6 is 0 Å². The second kappa shape index (κ2) is 8.19. The highest BCUT2D eigenvalue weighted by Crippen LogP contribution is 2.21. The minimum Gasteiger partial charge on any atom is -0.459 e. The average molecular weight is 355 g/mol. The fraction of sp³-hybridized carbons (Fsp3) is 0.400. The van der Waals surface area contributed by atoms with Crippen molar-refractivity contribution in [1.29, 1.82) is 0 Å². The summed E-state index contributed by atoms with van der Waals surface area (Å²) in [5, 5.41) is 5.75. The van der Waals surface area contributed by atoms with Gasteiger partial charge in [-0.1, -0.05) is 6.92 Å². The summed E-state index contributed by atoms with van der Waals surface area (Å²) in [5.74, 6) is 0.603. The smallest absolute Gasteiger partial charge is 0.291 e. The molecule has 1 aliphatic rings. The minimum absolute atomic E-state index is 0.00503. The molecule has 1 aliphatic heterocycles. The van der Waals surface area contributed by atoms with E-state index in [1.54, 1.807) is 18.2 Å². The second-order valence-corrected chi connectivity index (χ2v) is 6.99. The Kier molecular flexibility index (Phi) is 5.73. The predicted molar refractivity (Wildman–Crippen MR) is 101 cm³/mol. The fourth-order valence-corrected chi connectivity index (χ4v) is 3.31. The molecule has 1 aromatic heterocycles. The molecule has 26 heavy (non-hydrogen) atoms. The Morgan fingerprint density at radius 3 is 2.81 bits per heavy atom. The molecular formula is C20H25N3O3. The van der Waals surface area contributed by atoms with E-state index in [1.165, 1.54) is 12.7 Å². The largest absolute Gasteiger partial charge is 0.459 e. The summed E-state index contributed by atoms with van der Waals surface area (Å²) in [6.07, 6.45) is 3.85. The van der Waals surface area contributed by atoms with E-state index < -0.39 is 0 Å². The number of carbonyl (C=O) groups excluding carboxylic acids is 2. The Balaban J connectivity index is 1.57. The molecule has 0 radical (unpaired) electrons. The highest BCUT2D eigenvalue weighted by Gasteiger charge is 2.19. The molecule has 3 rings (SSSR count). The van der Waals surface area contributed by atoms with Crippen LogP contribution in [0.2, 0.25) is 0 Å². The highest BCUT2D eigenvalue weighted by atomic mass is 16.3. The molecule has 2 N–H and O–H groups in total. The average Bonchev–Trinajstić information content (AvgIpc) is 3.12. The van der Waals surface area contributed by atoms with Crippen molar-refractivity contribution in [2.75, 3.05) is 30.3 Å². The van der Waals surface area contributed by atoms with Crippen LogP contribution in [-0.4, -0.2) is 36.3 Å². The third kappa shape index (κ3) is 4.73. The Bertz CT molecular complexity index is 771. The molecule has 2 amide bonds. The molecule has 6 heteroatoms. The van der Waals surface area contributed by atoms with E-state index in [-0.39, 0.29) is 17.6 Å². The Hall–Kier alpha value is -2.60. The van der Waals surface area contributed by atoms with Gasteiger partial charge in [0.25, 0.3) is 5.91 Å². The van der Waals surface area contributed by atoms with E-state index >= 15 is 0 Å². The van der Waals surface area contributed by atoms with Crippen molar-refractivity contribution in [3.8, 4) is 0 Å². The van der Waals surface area contributed by atoms with E-state index in [0.717, 1.165) is 30.8 Å². The lowest BCUT2D eigenvalue weighted by Gasteiger charge is -2.30. The summed E-state index contributed by atoms with van der Waals surface area (Å²) >= 11 is 0. The van der Waals surface area contributed by atoms with Gasteiger partial charge in [-0.05, 0) is 68.1 Å². The zero-order valence-corrected chi connectivity index (χ0v) is 15.2. The van der Waals surface area contributed by atoms with Gasteiger partial charge in [-0.25, -0.2) is 0 Å². The maximum Gasteiger partial charge on any atom is 0.291 e. The molecule has 0 bridgehead atoms. The van der Waals surface area contributed by atoms with E-state index in [4.69, 9.17) is 4.42 Å². The van der Waals surface area contributed by atoms with Crippen molar-refractivity contribution >= 4 is 23.2 Å². The number of carbonyl (C=O) groups is 2. The number of hydrogen-bond donors (Lipinski definition) is 2. The van der Waals surface area contributed by atoms with Crippen LogP contribution in [0.1, 0.15) is 35.9 Å². The van der Waals surface area contributed by atoms with Gasteiger partial charge in [-0.15, -0.1) is 0 Å². The number of anilines is 2. The molecule has 2 heterocycles. The summed E-state index contributed by atoms with van der Waals surface area (Å²) in [7, 11) is 0. The summed E-state index contributed by atoms with van der Waals surface area (Å²) < 4.78 is 5.08. The van der Waals surface area contributed by atoms with Crippen LogP contribution in [0.3, 0.4) is 0 Å². The van der Waals surface area contributed by atoms with E-state index in [2.05, 4.69) is 22.5 Å². The van der Waals surface area contributed by atoms with Crippen molar-refractivity contribution in [3.05, 3.63) is 47.9 Å².